The maximum atomic E-state index is 13.5. The summed E-state index contributed by atoms with van der Waals surface area (Å²) in [5.74, 6) is -1.35. The van der Waals surface area contributed by atoms with Gasteiger partial charge in [-0.2, -0.15) is 0 Å². The van der Waals surface area contributed by atoms with Crippen molar-refractivity contribution in [2.75, 3.05) is 20.3 Å². The summed E-state index contributed by atoms with van der Waals surface area (Å²) in [7, 11) is 1.31. The molecule has 2 atom stereocenters. The Morgan fingerprint density at radius 3 is 2.59 bits per heavy atom. The molecule has 1 fully saturated rings. The standard InChI is InChI=1S/C25H30FN3O5/c1-15(2)22(16-6-8-17(26)9-7-16)27-23(30)20-13-18(21-14-34-12-11-28(20)21)24(31)29-10-4-5-19(29)25(32)33-3/h6-9,13,15,19,22H,4-5,10-12,14H2,1-3H3,(H,27,30). The summed E-state index contributed by atoms with van der Waals surface area (Å²) >= 11 is 0. The van der Waals surface area contributed by atoms with Gasteiger partial charge in [-0.15, -0.1) is 0 Å². The maximum Gasteiger partial charge on any atom is 0.328 e. The van der Waals surface area contributed by atoms with Crippen LogP contribution in [0.15, 0.2) is 30.3 Å². The van der Waals surface area contributed by atoms with Gasteiger partial charge in [-0.05, 0) is 42.5 Å². The van der Waals surface area contributed by atoms with Gasteiger partial charge in [0.15, 0.2) is 0 Å². The Kier molecular flexibility index (Phi) is 7.02. The zero-order chi connectivity index (χ0) is 24.4. The zero-order valence-corrected chi connectivity index (χ0v) is 19.7. The largest absolute Gasteiger partial charge is 0.467 e. The molecule has 3 heterocycles. The second-order valence-corrected chi connectivity index (χ2v) is 9.02. The Morgan fingerprint density at radius 2 is 1.91 bits per heavy atom. The molecule has 1 aromatic carbocycles. The predicted molar refractivity (Wildman–Crippen MR) is 122 cm³/mol. The average molecular weight is 472 g/mol. The van der Waals surface area contributed by atoms with Gasteiger partial charge >= 0.3 is 5.97 Å². The van der Waals surface area contributed by atoms with Crippen molar-refractivity contribution >= 4 is 17.8 Å². The van der Waals surface area contributed by atoms with E-state index in [9.17, 15) is 18.8 Å². The number of esters is 1. The van der Waals surface area contributed by atoms with Crippen LogP contribution in [-0.4, -0.2) is 53.6 Å². The first kappa shape index (κ1) is 23.9. The summed E-state index contributed by atoms with van der Waals surface area (Å²) < 4.78 is 25.7. The lowest BCUT2D eigenvalue weighted by Crippen LogP contribution is -2.41. The third-order valence-electron chi connectivity index (χ3n) is 6.54. The summed E-state index contributed by atoms with van der Waals surface area (Å²) in [6, 6.07) is 6.71. The third kappa shape index (κ3) is 4.57. The number of benzene rings is 1. The van der Waals surface area contributed by atoms with Gasteiger partial charge in [0.2, 0.25) is 0 Å². The molecule has 4 rings (SSSR count). The van der Waals surface area contributed by atoms with E-state index in [1.165, 1.54) is 24.1 Å². The normalized spacial score (nSPS) is 18.5. The lowest BCUT2D eigenvalue weighted by molar-refractivity contribution is -0.145. The first-order chi connectivity index (χ1) is 16.3. The highest BCUT2D eigenvalue weighted by Gasteiger charge is 2.38. The number of nitrogens with zero attached hydrogens (tertiary/aromatic N) is 2. The fraction of sp³-hybridized carbons (Fsp3) is 0.480. The Morgan fingerprint density at radius 1 is 1.18 bits per heavy atom. The Labute approximate surface area is 198 Å². The van der Waals surface area contributed by atoms with E-state index >= 15 is 0 Å². The molecule has 2 amide bonds. The van der Waals surface area contributed by atoms with Gasteiger partial charge in [0.1, 0.15) is 17.6 Å². The minimum atomic E-state index is -0.626. The quantitative estimate of drug-likeness (QED) is 0.654. The number of aromatic nitrogens is 1. The number of rotatable bonds is 6. The van der Waals surface area contributed by atoms with Crippen LogP contribution in [0, 0.1) is 11.7 Å². The monoisotopic (exact) mass is 471 g/mol. The van der Waals surface area contributed by atoms with Gasteiger partial charge in [-0.1, -0.05) is 26.0 Å². The molecule has 0 spiro atoms. The molecule has 2 aromatic rings. The van der Waals surface area contributed by atoms with Crippen LogP contribution in [0.3, 0.4) is 0 Å². The second kappa shape index (κ2) is 9.97. The SMILES string of the molecule is COC(=O)C1CCCN1C(=O)c1cc(C(=O)NC(c2ccc(F)cc2)C(C)C)n2c1COCC2. The summed E-state index contributed by atoms with van der Waals surface area (Å²) in [5.41, 5.74) is 2.15. The molecule has 34 heavy (non-hydrogen) atoms. The molecule has 2 aliphatic heterocycles. The maximum absolute atomic E-state index is 13.5. The second-order valence-electron chi connectivity index (χ2n) is 9.02. The van der Waals surface area contributed by atoms with Crippen LogP contribution in [0.5, 0.6) is 0 Å². The molecule has 1 aromatic heterocycles. The molecule has 182 valence electrons. The van der Waals surface area contributed by atoms with E-state index in [0.29, 0.717) is 49.5 Å². The first-order valence-electron chi connectivity index (χ1n) is 11.6. The van der Waals surface area contributed by atoms with E-state index in [0.717, 1.165) is 5.56 Å². The number of hydrogen-bond donors (Lipinski definition) is 1. The third-order valence-corrected chi connectivity index (χ3v) is 6.54. The fourth-order valence-corrected chi connectivity index (χ4v) is 4.76. The Hall–Kier alpha value is -3.20. The van der Waals surface area contributed by atoms with Gasteiger partial charge in [-0.3, -0.25) is 9.59 Å². The molecule has 2 aliphatic rings. The molecule has 0 aliphatic carbocycles. The number of carbonyl (C=O) groups excluding carboxylic acids is 3. The molecule has 1 saturated heterocycles. The van der Waals surface area contributed by atoms with E-state index in [1.54, 1.807) is 18.2 Å². The van der Waals surface area contributed by atoms with Gasteiger partial charge in [-0.25, -0.2) is 9.18 Å². The summed E-state index contributed by atoms with van der Waals surface area (Å²) in [6.07, 6.45) is 1.26. The fourth-order valence-electron chi connectivity index (χ4n) is 4.76. The highest BCUT2D eigenvalue weighted by atomic mass is 19.1. The van der Waals surface area contributed by atoms with Gasteiger partial charge in [0.05, 0.1) is 37.6 Å². The molecular weight excluding hydrogens is 441 g/mol. The molecule has 0 radical (unpaired) electrons. The predicted octanol–water partition coefficient (Wildman–Crippen LogP) is 3.06. The molecule has 0 bridgehead atoms. The van der Waals surface area contributed by atoms with Crippen molar-refractivity contribution in [2.24, 2.45) is 5.92 Å². The van der Waals surface area contributed by atoms with Crippen LogP contribution >= 0.6 is 0 Å². The van der Waals surface area contributed by atoms with Crippen LogP contribution in [0.4, 0.5) is 4.39 Å². The minimum Gasteiger partial charge on any atom is -0.467 e. The summed E-state index contributed by atoms with van der Waals surface area (Å²) in [4.78, 5) is 40.5. The van der Waals surface area contributed by atoms with Crippen LogP contribution in [0.25, 0.3) is 0 Å². The smallest absolute Gasteiger partial charge is 0.328 e. The number of amides is 2. The van der Waals surface area contributed by atoms with Crippen molar-refractivity contribution in [3.8, 4) is 0 Å². The molecular formula is C25H30FN3O5. The molecule has 2 unspecified atom stereocenters. The van der Waals surface area contributed by atoms with Crippen molar-refractivity contribution < 1.29 is 28.2 Å². The van der Waals surface area contributed by atoms with E-state index in [-0.39, 0.29) is 36.2 Å². The average Bonchev–Trinajstić information content (AvgIpc) is 3.47. The number of hydrogen-bond acceptors (Lipinski definition) is 5. The Bertz CT molecular complexity index is 1080. The molecule has 0 saturated carbocycles. The van der Waals surface area contributed by atoms with E-state index in [4.69, 9.17) is 9.47 Å². The summed E-state index contributed by atoms with van der Waals surface area (Å²) in [6.45, 7) is 5.47. The van der Waals surface area contributed by atoms with Crippen LogP contribution in [0.2, 0.25) is 0 Å². The highest BCUT2D eigenvalue weighted by Crippen LogP contribution is 2.28. The number of likely N-dealkylation sites (tertiary alicyclic amines) is 1. The number of ether oxygens (including phenoxy) is 2. The number of halogens is 1. The zero-order valence-electron chi connectivity index (χ0n) is 19.7. The number of methoxy groups -OCH3 is 1. The Balaban J connectivity index is 1.64. The van der Waals surface area contributed by atoms with E-state index < -0.39 is 12.0 Å². The van der Waals surface area contributed by atoms with Crippen LogP contribution in [-0.2, 0) is 27.4 Å². The van der Waals surface area contributed by atoms with Crippen molar-refractivity contribution in [2.45, 2.75) is 51.9 Å². The number of fused-ring (bicyclic) bond motifs is 1. The molecule has 9 heteroatoms. The van der Waals surface area contributed by atoms with Crippen molar-refractivity contribution in [1.82, 2.24) is 14.8 Å². The molecule has 1 N–H and O–H groups in total. The lowest BCUT2D eigenvalue weighted by atomic mass is 9.96. The lowest BCUT2D eigenvalue weighted by Gasteiger charge is -2.25. The van der Waals surface area contributed by atoms with Crippen LogP contribution < -0.4 is 5.32 Å². The topological polar surface area (TPSA) is 89.9 Å². The van der Waals surface area contributed by atoms with Crippen LogP contribution in [0.1, 0.15) is 64.8 Å². The van der Waals surface area contributed by atoms with E-state index in [1.807, 2.05) is 18.4 Å². The number of nitrogens with one attached hydrogen (secondary N) is 1. The van der Waals surface area contributed by atoms with Crippen molar-refractivity contribution in [1.29, 1.82) is 0 Å². The first-order valence-corrected chi connectivity index (χ1v) is 11.6. The number of carbonyl (C=O) groups is 3. The van der Waals surface area contributed by atoms with Crippen molar-refractivity contribution in [3.63, 3.8) is 0 Å². The van der Waals surface area contributed by atoms with Gasteiger partial charge < -0.3 is 24.3 Å². The van der Waals surface area contributed by atoms with Gasteiger partial charge in [0, 0.05) is 13.1 Å². The van der Waals surface area contributed by atoms with E-state index in [2.05, 4.69) is 5.32 Å². The highest BCUT2D eigenvalue weighted by molar-refractivity contribution is 6.02. The van der Waals surface area contributed by atoms with Gasteiger partial charge in [0.25, 0.3) is 11.8 Å². The van der Waals surface area contributed by atoms with Crippen molar-refractivity contribution in [3.05, 3.63) is 58.7 Å². The summed E-state index contributed by atoms with van der Waals surface area (Å²) in [5, 5.41) is 3.05. The molecule has 8 nitrogen and oxygen atoms in total. The minimum absolute atomic E-state index is 0.0556.